The van der Waals surface area contributed by atoms with E-state index in [9.17, 15) is 9.59 Å². The number of likely N-dealkylation sites (tertiary alicyclic amines) is 2. The molecule has 220 valence electrons. The first-order valence-electron chi connectivity index (χ1n) is 15.1. The Bertz CT molecular complexity index is 1520. The predicted octanol–water partition coefficient (Wildman–Crippen LogP) is 5.19. The summed E-state index contributed by atoms with van der Waals surface area (Å²) in [5.74, 6) is 1.30. The molecular weight excluding hydrogens is 528 g/mol. The lowest BCUT2D eigenvalue weighted by atomic mass is 9.81. The second-order valence-corrected chi connectivity index (χ2v) is 11.9. The topological polar surface area (TPSA) is 103 Å². The molecule has 2 aliphatic heterocycles. The zero-order valence-electron chi connectivity index (χ0n) is 24.6. The van der Waals surface area contributed by atoms with Crippen molar-refractivity contribution in [3.05, 3.63) is 60.3 Å². The number of carbonyl (C=O) groups is 2. The third-order valence-corrected chi connectivity index (χ3v) is 9.16. The predicted molar refractivity (Wildman–Crippen MR) is 164 cm³/mol. The maximum atomic E-state index is 13.8. The summed E-state index contributed by atoms with van der Waals surface area (Å²) in [5.41, 5.74) is 4.20. The summed E-state index contributed by atoms with van der Waals surface area (Å²) in [4.78, 5) is 35.5. The molecule has 2 amide bonds. The second-order valence-electron chi connectivity index (χ2n) is 11.9. The van der Waals surface area contributed by atoms with Crippen LogP contribution in [0.1, 0.15) is 45.4 Å². The number of carbonyl (C=O) groups excluding carboxylic acids is 2. The average Bonchev–Trinajstić information content (AvgIpc) is 3.78. The third kappa shape index (κ3) is 5.70. The minimum absolute atomic E-state index is 0.0213. The molecule has 2 aromatic heterocycles. The van der Waals surface area contributed by atoms with Gasteiger partial charge in [-0.1, -0.05) is 31.6 Å². The maximum Gasteiger partial charge on any atom is 0.236 e. The molecule has 1 unspecified atom stereocenters. The highest BCUT2D eigenvalue weighted by Crippen LogP contribution is 2.38. The molecule has 4 heterocycles. The molecule has 2 saturated heterocycles. The van der Waals surface area contributed by atoms with E-state index in [2.05, 4.69) is 50.5 Å². The van der Waals surface area contributed by atoms with E-state index in [1.807, 2.05) is 35.2 Å². The standard InChI is InChI=1S/C33H40N6O3/c1-3-13-33(14-18-38(22-33)21-30(40)39-16-11-24(12-17-39)23-6-4-5-7-23)32(41)35-26-8-9-28-27(20-26)31(37-36-28)25-10-15-34-29(19-25)42-2/h4,6-10,15,19-20,24H,3,5,11-14,16-18,21-22H2,1-2H3,(H,35,41)(H,36,37). The fraction of sp³-hybridized carbons (Fsp3) is 0.455. The van der Waals surface area contributed by atoms with E-state index in [1.165, 1.54) is 5.57 Å². The first-order valence-corrected chi connectivity index (χ1v) is 15.1. The van der Waals surface area contributed by atoms with Crippen LogP contribution in [-0.4, -0.2) is 76.6 Å². The summed E-state index contributed by atoms with van der Waals surface area (Å²) in [6, 6.07) is 9.55. The van der Waals surface area contributed by atoms with E-state index in [0.29, 0.717) is 24.9 Å². The van der Waals surface area contributed by atoms with Crippen LogP contribution in [0.15, 0.2) is 60.3 Å². The van der Waals surface area contributed by atoms with Crippen molar-refractivity contribution in [1.82, 2.24) is 25.0 Å². The number of nitrogens with one attached hydrogen (secondary N) is 2. The fourth-order valence-electron chi connectivity index (χ4n) is 6.85. The average molecular weight is 569 g/mol. The van der Waals surface area contributed by atoms with Crippen molar-refractivity contribution in [3.63, 3.8) is 0 Å². The third-order valence-electron chi connectivity index (χ3n) is 9.16. The number of ether oxygens (including phenoxy) is 1. The van der Waals surface area contributed by atoms with Gasteiger partial charge in [-0.15, -0.1) is 0 Å². The lowest BCUT2D eigenvalue weighted by Gasteiger charge is -2.34. The Morgan fingerprint density at radius 3 is 2.79 bits per heavy atom. The Hall–Kier alpha value is -3.98. The highest BCUT2D eigenvalue weighted by atomic mass is 16.5. The summed E-state index contributed by atoms with van der Waals surface area (Å²) in [5, 5.41) is 11.7. The molecule has 3 aromatic rings. The van der Waals surface area contributed by atoms with Gasteiger partial charge in [0.15, 0.2) is 0 Å². The van der Waals surface area contributed by atoms with E-state index in [0.717, 1.165) is 86.0 Å². The van der Waals surface area contributed by atoms with Crippen LogP contribution in [0, 0.1) is 11.3 Å². The number of anilines is 1. The summed E-state index contributed by atoms with van der Waals surface area (Å²) >= 11 is 0. The monoisotopic (exact) mass is 568 g/mol. The molecule has 2 N–H and O–H groups in total. The minimum atomic E-state index is -0.518. The second kappa shape index (κ2) is 12.1. The van der Waals surface area contributed by atoms with Gasteiger partial charge in [0.1, 0.15) is 5.69 Å². The van der Waals surface area contributed by atoms with E-state index >= 15 is 0 Å². The minimum Gasteiger partial charge on any atom is -0.481 e. The number of aromatic nitrogens is 3. The Kier molecular flexibility index (Phi) is 8.11. The molecule has 3 aliphatic rings. The van der Waals surface area contributed by atoms with Crippen LogP contribution in [0.3, 0.4) is 0 Å². The Balaban J connectivity index is 1.11. The summed E-state index contributed by atoms with van der Waals surface area (Å²) < 4.78 is 5.28. The van der Waals surface area contributed by atoms with Crippen molar-refractivity contribution in [2.75, 3.05) is 45.2 Å². The summed E-state index contributed by atoms with van der Waals surface area (Å²) in [6.45, 7) is 5.48. The number of piperidine rings is 1. The van der Waals surface area contributed by atoms with Gasteiger partial charge in [-0.25, -0.2) is 4.98 Å². The number of allylic oxidation sites excluding steroid dienone is 4. The van der Waals surface area contributed by atoms with Gasteiger partial charge in [0.25, 0.3) is 0 Å². The van der Waals surface area contributed by atoms with Gasteiger partial charge in [0.2, 0.25) is 17.7 Å². The molecule has 42 heavy (non-hydrogen) atoms. The van der Waals surface area contributed by atoms with Gasteiger partial charge in [-0.05, 0) is 74.4 Å². The van der Waals surface area contributed by atoms with Crippen LogP contribution in [0.5, 0.6) is 5.88 Å². The number of benzene rings is 1. The molecule has 9 heteroatoms. The number of fused-ring (bicyclic) bond motifs is 1. The van der Waals surface area contributed by atoms with E-state index < -0.39 is 5.41 Å². The van der Waals surface area contributed by atoms with Crippen molar-refractivity contribution in [1.29, 1.82) is 0 Å². The van der Waals surface area contributed by atoms with E-state index in [1.54, 1.807) is 13.3 Å². The van der Waals surface area contributed by atoms with Gasteiger partial charge in [0, 0.05) is 48.5 Å². The number of amides is 2. The van der Waals surface area contributed by atoms with Crippen molar-refractivity contribution in [2.24, 2.45) is 11.3 Å². The molecule has 0 spiro atoms. The number of hydrogen-bond acceptors (Lipinski definition) is 6. The summed E-state index contributed by atoms with van der Waals surface area (Å²) in [7, 11) is 1.59. The van der Waals surface area contributed by atoms with Crippen molar-refractivity contribution in [2.45, 2.75) is 45.4 Å². The van der Waals surface area contributed by atoms with Crippen molar-refractivity contribution in [3.8, 4) is 17.1 Å². The van der Waals surface area contributed by atoms with Crippen LogP contribution < -0.4 is 10.1 Å². The van der Waals surface area contributed by atoms with Crippen molar-refractivity contribution >= 4 is 28.4 Å². The van der Waals surface area contributed by atoms with E-state index in [4.69, 9.17) is 4.74 Å². The molecule has 2 fully saturated rings. The molecule has 1 aromatic carbocycles. The van der Waals surface area contributed by atoms with Gasteiger partial charge in [-0.2, -0.15) is 5.10 Å². The number of pyridine rings is 1. The SMILES string of the molecule is CCCC1(C(=O)Nc2ccc3[nH]nc(-c4ccnc(OC)c4)c3c2)CCN(CC(=O)N2CCC(C3=CCC=C3)CC2)C1. The highest BCUT2D eigenvalue weighted by Gasteiger charge is 2.44. The zero-order valence-corrected chi connectivity index (χ0v) is 24.6. The number of H-pyrrole nitrogens is 1. The number of hydrogen-bond donors (Lipinski definition) is 2. The molecule has 0 saturated carbocycles. The number of rotatable bonds is 9. The lowest BCUT2D eigenvalue weighted by molar-refractivity contribution is -0.134. The Morgan fingerprint density at radius 2 is 2.02 bits per heavy atom. The number of methoxy groups -OCH3 is 1. The summed E-state index contributed by atoms with van der Waals surface area (Å²) in [6.07, 6.45) is 14.0. The molecule has 6 rings (SSSR count). The normalized spacial score (nSPS) is 21.2. The molecule has 0 radical (unpaired) electrons. The fourth-order valence-corrected chi connectivity index (χ4v) is 6.85. The van der Waals surface area contributed by atoms with Crippen LogP contribution in [0.25, 0.3) is 22.2 Å². The van der Waals surface area contributed by atoms with E-state index in [-0.39, 0.29) is 11.8 Å². The molecule has 0 bridgehead atoms. The smallest absolute Gasteiger partial charge is 0.236 e. The number of nitrogens with zero attached hydrogens (tertiary/aromatic N) is 4. The lowest BCUT2D eigenvalue weighted by Crippen LogP contribution is -2.45. The van der Waals surface area contributed by atoms with Gasteiger partial charge in [0.05, 0.1) is 24.6 Å². The van der Waals surface area contributed by atoms with Gasteiger partial charge >= 0.3 is 0 Å². The maximum absolute atomic E-state index is 13.8. The van der Waals surface area contributed by atoms with Crippen LogP contribution in [-0.2, 0) is 9.59 Å². The molecule has 1 aliphatic carbocycles. The van der Waals surface area contributed by atoms with Gasteiger partial charge < -0.3 is 15.0 Å². The molecular formula is C33H40N6O3. The highest BCUT2D eigenvalue weighted by molar-refractivity contribution is 6.00. The number of aromatic amines is 1. The van der Waals surface area contributed by atoms with Crippen LogP contribution in [0.4, 0.5) is 5.69 Å². The van der Waals surface area contributed by atoms with Gasteiger partial charge in [-0.3, -0.25) is 19.6 Å². The first-order chi connectivity index (χ1) is 20.5. The Labute approximate surface area is 247 Å². The zero-order chi connectivity index (χ0) is 29.1. The molecule has 9 nitrogen and oxygen atoms in total. The molecule has 1 atom stereocenters. The van der Waals surface area contributed by atoms with Crippen LogP contribution >= 0.6 is 0 Å². The quantitative estimate of drug-likeness (QED) is 0.368. The first kappa shape index (κ1) is 28.2. The Morgan fingerprint density at radius 1 is 1.17 bits per heavy atom. The van der Waals surface area contributed by atoms with Crippen LogP contribution in [0.2, 0.25) is 0 Å². The largest absolute Gasteiger partial charge is 0.481 e. The van der Waals surface area contributed by atoms with Crippen molar-refractivity contribution < 1.29 is 14.3 Å².